The molecule has 4 aromatic rings. The predicted molar refractivity (Wildman–Crippen MR) is 173 cm³/mol. The van der Waals surface area contributed by atoms with Crippen molar-refractivity contribution < 1.29 is 41.8 Å². The minimum atomic E-state index is -4.65. The Morgan fingerprint density at radius 3 is 2.40 bits per heavy atom. The Morgan fingerprint density at radius 1 is 0.956 bits per heavy atom. The first-order valence-corrected chi connectivity index (χ1v) is 15.1. The molecular weight excluding hydrogens is 724 g/mol. The van der Waals surface area contributed by atoms with Crippen LogP contribution in [0.15, 0.2) is 77.7 Å². The molecule has 8 nitrogen and oxygen atoms in total. The second-order valence-electron chi connectivity index (χ2n) is 9.73. The van der Waals surface area contributed by atoms with E-state index < -0.39 is 35.3 Å². The van der Waals surface area contributed by atoms with Gasteiger partial charge in [0.05, 0.1) is 33.9 Å². The van der Waals surface area contributed by atoms with Crippen LogP contribution in [0.4, 0.5) is 23.7 Å². The summed E-state index contributed by atoms with van der Waals surface area (Å²) >= 11 is 2.74. The summed E-state index contributed by atoms with van der Waals surface area (Å²) in [5, 5.41) is 3.82. The SMILES string of the molecule is COc1ccc(C(F)(F)F)cc1NC(=O)CN1C(=O)S/C(=C\c2cc(I)c(OCc3ccc4ccccc4c3)c(OC)c2)C1=O. The number of rotatable bonds is 9. The largest absolute Gasteiger partial charge is 0.495 e. The van der Waals surface area contributed by atoms with Gasteiger partial charge in [0.25, 0.3) is 11.1 Å². The molecule has 1 fully saturated rings. The zero-order valence-corrected chi connectivity index (χ0v) is 26.7. The highest BCUT2D eigenvalue weighted by Crippen LogP contribution is 2.38. The molecule has 0 aromatic heterocycles. The first-order valence-electron chi connectivity index (χ1n) is 13.3. The van der Waals surface area contributed by atoms with Crippen molar-refractivity contribution in [2.45, 2.75) is 12.8 Å². The van der Waals surface area contributed by atoms with E-state index in [9.17, 15) is 27.6 Å². The van der Waals surface area contributed by atoms with Crippen molar-refractivity contribution in [3.63, 3.8) is 0 Å². The number of amides is 3. The van der Waals surface area contributed by atoms with Crippen molar-refractivity contribution in [3.8, 4) is 17.2 Å². The number of alkyl halides is 3. The number of benzene rings is 4. The molecule has 13 heteroatoms. The number of nitrogens with one attached hydrogen (secondary N) is 1. The van der Waals surface area contributed by atoms with Gasteiger partial charge in [0.15, 0.2) is 11.5 Å². The minimum Gasteiger partial charge on any atom is -0.495 e. The monoisotopic (exact) mass is 748 g/mol. The lowest BCUT2D eigenvalue weighted by Crippen LogP contribution is -2.36. The van der Waals surface area contributed by atoms with Crippen LogP contribution < -0.4 is 19.5 Å². The third-order valence-electron chi connectivity index (χ3n) is 6.72. The molecule has 0 spiro atoms. The van der Waals surface area contributed by atoms with Crippen molar-refractivity contribution in [1.29, 1.82) is 0 Å². The third kappa shape index (κ3) is 7.36. The molecule has 0 atom stereocenters. The Balaban J connectivity index is 1.29. The molecule has 0 saturated carbocycles. The lowest BCUT2D eigenvalue weighted by atomic mass is 10.1. The van der Waals surface area contributed by atoms with E-state index in [0.29, 0.717) is 45.1 Å². The number of anilines is 1. The van der Waals surface area contributed by atoms with E-state index in [4.69, 9.17) is 14.2 Å². The number of methoxy groups -OCH3 is 2. The Morgan fingerprint density at radius 2 is 1.69 bits per heavy atom. The van der Waals surface area contributed by atoms with Gasteiger partial charge in [-0.15, -0.1) is 0 Å². The van der Waals surface area contributed by atoms with E-state index in [1.54, 1.807) is 12.1 Å². The van der Waals surface area contributed by atoms with E-state index in [1.165, 1.54) is 20.3 Å². The van der Waals surface area contributed by atoms with Crippen LogP contribution in [0.1, 0.15) is 16.7 Å². The molecule has 232 valence electrons. The molecule has 4 aromatic carbocycles. The predicted octanol–water partition coefficient (Wildman–Crippen LogP) is 7.73. The van der Waals surface area contributed by atoms with Gasteiger partial charge in [-0.1, -0.05) is 36.4 Å². The van der Waals surface area contributed by atoms with Gasteiger partial charge in [0.1, 0.15) is 18.9 Å². The third-order valence-corrected chi connectivity index (χ3v) is 8.43. The molecule has 1 N–H and O–H groups in total. The maximum Gasteiger partial charge on any atom is 0.416 e. The summed E-state index contributed by atoms with van der Waals surface area (Å²) in [4.78, 5) is 39.2. The number of hydrogen-bond donors (Lipinski definition) is 1. The fourth-order valence-electron chi connectivity index (χ4n) is 4.55. The van der Waals surface area contributed by atoms with Gasteiger partial charge in [0.2, 0.25) is 5.91 Å². The van der Waals surface area contributed by atoms with Gasteiger partial charge >= 0.3 is 6.18 Å². The molecular formula is C32H24F3IN2O6S. The van der Waals surface area contributed by atoms with E-state index in [0.717, 1.165) is 33.4 Å². The zero-order valence-electron chi connectivity index (χ0n) is 23.7. The Bertz CT molecular complexity index is 1850. The highest BCUT2D eigenvalue weighted by atomic mass is 127. The standard InChI is InChI=1S/C32H24F3IN2O6S/c1-42-25-10-9-22(32(33,34)35)15-24(25)37-28(39)16-38-30(40)27(45-31(38)41)14-19-12-23(36)29(26(13-19)43-2)44-17-18-7-8-20-5-3-4-6-21(20)11-18/h3-15H,16-17H2,1-2H3,(H,37,39)/b27-14-. The van der Waals surface area contributed by atoms with Crippen molar-refractivity contribution >= 4 is 73.9 Å². The number of carbonyl (C=O) groups excluding carboxylic acids is 3. The first kappa shape index (κ1) is 32.2. The number of imide groups is 1. The number of halogens is 4. The van der Waals surface area contributed by atoms with Gasteiger partial charge in [-0.3, -0.25) is 19.3 Å². The number of carbonyl (C=O) groups is 3. The number of thioether (sulfide) groups is 1. The summed E-state index contributed by atoms with van der Waals surface area (Å²) in [6, 6.07) is 20.1. The fraction of sp³-hybridized carbons (Fsp3) is 0.156. The summed E-state index contributed by atoms with van der Waals surface area (Å²) in [5.41, 5.74) is 0.282. The Kier molecular flexibility index (Phi) is 9.58. The van der Waals surface area contributed by atoms with Crippen LogP contribution >= 0.6 is 34.4 Å². The summed E-state index contributed by atoms with van der Waals surface area (Å²) in [6.45, 7) is -0.409. The highest BCUT2D eigenvalue weighted by Gasteiger charge is 2.37. The van der Waals surface area contributed by atoms with Crippen LogP contribution in [0, 0.1) is 3.57 Å². The van der Waals surface area contributed by atoms with Gasteiger partial charge < -0.3 is 19.5 Å². The summed E-state index contributed by atoms with van der Waals surface area (Å²) < 4.78 is 56.9. The summed E-state index contributed by atoms with van der Waals surface area (Å²) in [6.07, 6.45) is -3.15. The second kappa shape index (κ2) is 13.4. The van der Waals surface area contributed by atoms with Crippen molar-refractivity contribution in [1.82, 2.24) is 4.90 Å². The van der Waals surface area contributed by atoms with Crippen molar-refractivity contribution in [2.24, 2.45) is 0 Å². The van der Waals surface area contributed by atoms with Gasteiger partial charge in [0, 0.05) is 0 Å². The van der Waals surface area contributed by atoms with Gasteiger partial charge in [-0.2, -0.15) is 13.2 Å². The number of hydrogen-bond acceptors (Lipinski definition) is 7. The van der Waals surface area contributed by atoms with Crippen LogP contribution in [0.25, 0.3) is 16.8 Å². The molecule has 0 radical (unpaired) electrons. The molecule has 0 unspecified atom stereocenters. The molecule has 0 bridgehead atoms. The van der Waals surface area contributed by atoms with Crippen molar-refractivity contribution in [2.75, 3.05) is 26.1 Å². The number of nitrogens with zero attached hydrogens (tertiary/aromatic N) is 1. The maximum absolute atomic E-state index is 13.2. The van der Waals surface area contributed by atoms with Crippen LogP contribution in [-0.4, -0.2) is 42.7 Å². The Hall–Kier alpha value is -4.24. The molecule has 3 amide bonds. The normalized spacial score (nSPS) is 14.3. The lowest BCUT2D eigenvalue weighted by molar-refractivity contribution is -0.137. The molecule has 5 rings (SSSR count). The molecule has 1 saturated heterocycles. The van der Waals surface area contributed by atoms with Crippen LogP contribution in [0.3, 0.4) is 0 Å². The average molecular weight is 749 g/mol. The molecule has 1 heterocycles. The topological polar surface area (TPSA) is 94.2 Å². The van der Waals surface area contributed by atoms with E-state index in [1.807, 2.05) is 36.4 Å². The number of ether oxygens (including phenoxy) is 3. The van der Waals surface area contributed by atoms with E-state index in [-0.39, 0.29) is 16.3 Å². The molecule has 0 aliphatic carbocycles. The zero-order chi connectivity index (χ0) is 32.3. The second-order valence-corrected chi connectivity index (χ2v) is 11.9. The number of fused-ring (bicyclic) bond motifs is 1. The van der Waals surface area contributed by atoms with Crippen molar-refractivity contribution in [3.05, 3.63) is 98.0 Å². The van der Waals surface area contributed by atoms with Gasteiger partial charge in [-0.25, -0.2) is 0 Å². The highest BCUT2D eigenvalue weighted by molar-refractivity contribution is 14.1. The van der Waals surface area contributed by atoms with Crippen LogP contribution in [0.5, 0.6) is 17.2 Å². The maximum atomic E-state index is 13.2. The van der Waals surface area contributed by atoms with Crippen LogP contribution in [-0.2, 0) is 22.4 Å². The van der Waals surface area contributed by atoms with E-state index >= 15 is 0 Å². The lowest BCUT2D eigenvalue weighted by Gasteiger charge is -2.16. The fourth-order valence-corrected chi connectivity index (χ4v) is 6.17. The summed E-state index contributed by atoms with van der Waals surface area (Å²) in [5.74, 6) is -0.679. The minimum absolute atomic E-state index is 0.0152. The first-order chi connectivity index (χ1) is 21.5. The van der Waals surface area contributed by atoms with Crippen LogP contribution in [0.2, 0.25) is 0 Å². The Labute approximate surface area is 273 Å². The average Bonchev–Trinajstić information content (AvgIpc) is 3.26. The molecule has 1 aliphatic heterocycles. The van der Waals surface area contributed by atoms with E-state index in [2.05, 4.69) is 34.0 Å². The molecule has 45 heavy (non-hydrogen) atoms. The smallest absolute Gasteiger partial charge is 0.416 e. The quantitative estimate of drug-likeness (QED) is 0.138. The summed E-state index contributed by atoms with van der Waals surface area (Å²) in [7, 11) is 2.73. The molecule has 1 aliphatic rings. The van der Waals surface area contributed by atoms with Gasteiger partial charge in [-0.05, 0) is 98.7 Å².